The summed E-state index contributed by atoms with van der Waals surface area (Å²) in [5, 5.41) is 0. The zero-order chi connectivity index (χ0) is 19.4. The second-order valence-electron chi connectivity index (χ2n) is 5.91. The molecule has 3 rings (SSSR count). The van der Waals surface area contributed by atoms with Crippen molar-refractivity contribution in [1.82, 2.24) is 4.90 Å². The highest BCUT2D eigenvalue weighted by Gasteiger charge is 2.35. The van der Waals surface area contributed by atoms with E-state index >= 15 is 0 Å². The summed E-state index contributed by atoms with van der Waals surface area (Å²) in [7, 11) is 1.30. The normalized spacial score (nSPS) is 12.7. The molecule has 1 aliphatic heterocycles. The summed E-state index contributed by atoms with van der Waals surface area (Å²) in [5.74, 6) is -1.77. The van der Waals surface area contributed by atoms with Gasteiger partial charge in [0.25, 0.3) is 11.8 Å². The van der Waals surface area contributed by atoms with E-state index in [9.17, 15) is 19.2 Å². The Kier molecular flexibility index (Phi) is 5.30. The largest absolute Gasteiger partial charge is 0.465 e. The van der Waals surface area contributed by atoms with Crippen LogP contribution in [0.3, 0.4) is 0 Å². The number of amides is 2. The van der Waals surface area contributed by atoms with Gasteiger partial charge in [0.05, 0.1) is 30.2 Å². The number of carbonyl (C=O) groups is 4. The lowest BCUT2D eigenvalue weighted by Crippen LogP contribution is -2.32. The second-order valence-corrected chi connectivity index (χ2v) is 5.91. The predicted octanol–water partition coefficient (Wildman–Crippen LogP) is 2.20. The monoisotopic (exact) mass is 367 g/mol. The van der Waals surface area contributed by atoms with Gasteiger partial charge in [0, 0.05) is 6.54 Å². The van der Waals surface area contributed by atoms with Crippen LogP contribution in [0.5, 0.6) is 0 Å². The van der Waals surface area contributed by atoms with Gasteiger partial charge in [-0.25, -0.2) is 4.79 Å². The summed E-state index contributed by atoms with van der Waals surface area (Å²) in [4.78, 5) is 48.8. The fourth-order valence-corrected chi connectivity index (χ4v) is 2.74. The van der Waals surface area contributed by atoms with E-state index in [1.807, 2.05) is 0 Å². The van der Waals surface area contributed by atoms with Crippen molar-refractivity contribution in [2.75, 3.05) is 13.7 Å². The third-order valence-electron chi connectivity index (χ3n) is 4.19. The van der Waals surface area contributed by atoms with Crippen LogP contribution in [0.25, 0.3) is 0 Å². The standard InChI is InChI=1S/C20H17NO6/c1-26-20(25)14-8-6-13(7-9-14)12-27-17(22)10-11-21-18(23)15-4-2-3-5-16(15)19(21)24/h2-9H,10-12H2,1H3. The molecule has 0 atom stereocenters. The van der Waals surface area contributed by atoms with Crippen LogP contribution in [0, 0.1) is 0 Å². The fourth-order valence-electron chi connectivity index (χ4n) is 2.74. The highest BCUT2D eigenvalue weighted by molar-refractivity contribution is 6.21. The number of imide groups is 1. The molecule has 0 bridgehead atoms. The molecular weight excluding hydrogens is 350 g/mol. The first kappa shape index (κ1) is 18.3. The van der Waals surface area contributed by atoms with Gasteiger partial charge in [0.15, 0.2) is 0 Å². The first-order valence-electron chi connectivity index (χ1n) is 8.29. The van der Waals surface area contributed by atoms with Gasteiger partial charge in [0.2, 0.25) is 0 Å². The topological polar surface area (TPSA) is 90.0 Å². The third-order valence-corrected chi connectivity index (χ3v) is 4.19. The highest BCUT2D eigenvalue weighted by Crippen LogP contribution is 2.22. The van der Waals surface area contributed by atoms with Crippen molar-refractivity contribution in [3.8, 4) is 0 Å². The highest BCUT2D eigenvalue weighted by atomic mass is 16.5. The average Bonchev–Trinajstić information content (AvgIpc) is 2.95. The van der Waals surface area contributed by atoms with Crippen LogP contribution in [0.1, 0.15) is 43.1 Å². The molecule has 0 N–H and O–H groups in total. The van der Waals surface area contributed by atoms with E-state index < -0.39 is 23.8 Å². The van der Waals surface area contributed by atoms with E-state index in [1.165, 1.54) is 7.11 Å². The molecule has 0 saturated carbocycles. The van der Waals surface area contributed by atoms with Crippen LogP contribution < -0.4 is 0 Å². The Hall–Kier alpha value is -3.48. The maximum atomic E-state index is 12.2. The number of fused-ring (bicyclic) bond motifs is 1. The zero-order valence-electron chi connectivity index (χ0n) is 14.6. The SMILES string of the molecule is COC(=O)c1ccc(COC(=O)CCN2C(=O)c3ccccc3C2=O)cc1. The number of carbonyl (C=O) groups excluding carboxylic acids is 4. The molecule has 0 fully saturated rings. The maximum Gasteiger partial charge on any atom is 0.337 e. The van der Waals surface area contributed by atoms with Gasteiger partial charge in [-0.1, -0.05) is 24.3 Å². The molecule has 0 unspecified atom stereocenters. The molecule has 2 aromatic rings. The van der Waals surface area contributed by atoms with Crippen LogP contribution in [-0.4, -0.2) is 42.3 Å². The first-order valence-corrected chi connectivity index (χ1v) is 8.29. The number of methoxy groups -OCH3 is 1. The van der Waals surface area contributed by atoms with Crippen molar-refractivity contribution in [3.05, 3.63) is 70.8 Å². The number of benzene rings is 2. The van der Waals surface area contributed by atoms with Crippen molar-refractivity contribution >= 4 is 23.8 Å². The first-order chi connectivity index (χ1) is 13.0. The molecule has 1 aliphatic rings. The molecule has 0 spiro atoms. The van der Waals surface area contributed by atoms with E-state index in [2.05, 4.69) is 4.74 Å². The summed E-state index contributed by atoms with van der Waals surface area (Å²) in [5.41, 5.74) is 1.80. The number of ether oxygens (including phenoxy) is 2. The summed E-state index contributed by atoms with van der Waals surface area (Å²) < 4.78 is 9.77. The van der Waals surface area contributed by atoms with Crippen LogP contribution >= 0.6 is 0 Å². The van der Waals surface area contributed by atoms with Crippen molar-refractivity contribution in [3.63, 3.8) is 0 Å². The van der Waals surface area contributed by atoms with Crippen LogP contribution in [-0.2, 0) is 20.9 Å². The van der Waals surface area contributed by atoms with Crippen LogP contribution in [0.15, 0.2) is 48.5 Å². The lowest BCUT2D eigenvalue weighted by molar-refractivity contribution is -0.145. The number of rotatable bonds is 6. The summed E-state index contributed by atoms with van der Waals surface area (Å²) in [6, 6.07) is 13.0. The minimum atomic E-state index is -0.524. The van der Waals surface area contributed by atoms with Crippen molar-refractivity contribution < 1.29 is 28.7 Å². The summed E-state index contributed by atoms with van der Waals surface area (Å²) >= 11 is 0. The van der Waals surface area contributed by atoms with Gasteiger partial charge in [-0.2, -0.15) is 0 Å². The Morgan fingerprint density at radius 2 is 1.52 bits per heavy atom. The predicted molar refractivity (Wildman–Crippen MR) is 94.0 cm³/mol. The van der Waals surface area contributed by atoms with E-state index in [-0.39, 0.29) is 19.6 Å². The van der Waals surface area contributed by atoms with Crippen LogP contribution in [0.4, 0.5) is 0 Å². The van der Waals surface area contributed by atoms with Gasteiger partial charge in [-0.3, -0.25) is 19.3 Å². The zero-order valence-corrected chi connectivity index (χ0v) is 14.6. The molecule has 2 amide bonds. The van der Waals surface area contributed by atoms with Crippen LogP contribution in [0.2, 0.25) is 0 Å². The number of esters is 2. The molecule has 7 heteroatoms. The molecule has 0 aliphatic carbocycles. The Bertz CT molecular complexity index is 868. The Labute approximate surface area is 155 Å². The third kappa shape index (κ3) is 3.87. The summed E-state index contributed by atoms with van der Waals surface area (Å²) in [6.07, 6.45) is -0.0916. The Balaban J connectivity index is 1.50. The summed E-state index contributed by atoms with van der Waals surface area (Å²) in [6.45, 7) is -0.00510. The molecule has 0 aromatic heterocycles. The molecule has 27 heavy (non-hydrogen) atoms. The van der Waals surface area contributed by atoms with Gasteiger partial charge >= 0.3 is 11.9 Å². The fraction of sp³-hybridized carbons (Fsp3) is 0.200. The molecule has 0 saturated heterocycles. The van der Waals surface area contributed by atoms with Crippen molar-refractivity contribution in [1.29, 1.82) is 0 Å². The second kappa shape index (κ2) is 7.82. The Morgan fingerprint density at radius 1 is 0.926 bits per heavy atom. The minimum absolute atomic E-state index is 0.0302. The lowest BCUT2D eigenvalue weighted by Gasteiger charge is -2.13. The smallest absolute Gasteiger partial charge is 0.337 e. The quantitative estimate of drug-likeness (QED) is 0.574. The molecule has 0 radical (unpaired) electrons. The number of hydrogen-bond donors (Lipinski definition) is 0. The average molecular weight is 367 g/mol. The number of hydrogen-bond acceptors (Lipinski definition) is 6. The van der Waals surface area contributed by atoms with Gasteiger partial charge < -0.3 is 9.47 Å². The lowest BCUT2D eigenvalue weighted by atomic mass is 10.1. The Morgan fingerprint density at radius 3 is 2.07 bits per heavy atom. The molecule has 2 aromatic carbocycles. The number of nitrogens with zero attached hydrogens (tertiary/aromatic N) is 1. The van der Waals surface area contributed by atoms with Gasteiger partial charge in [-0.15, -0.1) is 0 Å². The van der Waals surface area contributed by atoms with E-state index in [1.54, 1.807) is 48.5 Å². The van der Waals surface area contributed by atoms with E-state index in [0.29, 0.717) is 22.3 Å². The van der Waals surface area contributed by atoms with Crippen molar-refractivity contribution in [2.45, 2.75) is 13.0 Å². The molecule has 1 heterocycles. The maximum absolute atomic E-state index is 12.2. The molecule has 138 valence electrons. The van der Waals surface area contributed by atoms with Crippen molar-refractivity contribution in [2.24, 2.45) is 0 Å². The molecular formula is C20H17NO6. The van der Waals surface area contributed by atoms with Gasteiger partial charge in [0.1, 0.15) is 6.61 Å². The van der Waals surface area contributed by atoms with Gasteiger partial charge in [-0.05, 0) is 29.8 Å². The van der Waals surface area contributed by atoms with E-state index in [0.717, 1.165) is 4.90 Å². The minimum Gasteiger partial charge on any atom is -0.465 e. The van der Waals surface area contributed by atoms with E-state index in [4.69, 9.17) is 4.74 Å². The molecule has 7 nitrogen and oxygen atoms in total.